The molecule has 3 aromatic rings. The van der Waals surface area contributed by atoms with E-state index in [1.165, 1.54) is 18.2 Å². The minimum absolute atomic E-state index is 0.0355. The minimum atomic E-state index is -0.717. The summed E-state index contributed by atoms with van der Waals surface area (Å²) < 4.78 is 28.8. The first-order chi connectivity index (χ1) is 17.0. The van der Waals surface area contributed by atoms with Crippen LogP contribution in [0.25, 0.3) is 11.3 Å². The molecule has 35 heavy (non-hydrogen) atoms. The van der Waals surface area contributed by atoms with Crippen molar-refractivity contribution in [1.29, 1.82) is 0 Å². The van der Waals surface area contributed by atoms with E-state index in [9.17, 15) is 18.4 Å². The number of nitrogens with one attached hydrogen (secondary N) is 3. The maximum atomic E-state index is 14.4. The number of hydrogen-bond donors (Lipinski definition) is 3. The summed E-state index contributed by atoms with van der Waals surface area (Å²) in [6, 6.07) is 9.04. The molecule has 0 radical (unpaired) electrons. The summed E-state index contributed by atoms with van der Waals surface area (Å²) in [6.07, 6.45) is 4.01. The topological polar surface area (TPSA) is 96.0 Å². The number of carbonyl (C=O) groups excluding carboxylic acids is 2. The molecule has 1 fully saturated rings. The summed E-state index contributed by atoms with van der Waals surface area (Å²) in [5, 5.41) is 9.06. The van der Waals surface area contributed by atoms with Gasteiger partial charge in [0.05, 0.1) is 35.5 Å². The lowest BCUT2D eigenvalue weighted by atomic mass is 9.98. The number of fused-ring (bicyclic) bond motifs is 1. The third kappa shape index (κ3) is 5.05. The van der Waals surface area contributed by atoms with Crippen molar-refractivity contribution in [2.24, 2.45) is 0 Å². The van der Waals surface area contributed by atoms with E-state index in [1.807, 2.05) is 6.07 Å². The van der Waals surface area contributed by atoms with E-state index >= 15 is 0 Å². The summed E-state index contributed by atoms with van der Waals surface area (Å²) in [7, 11) is 0. The van der Waals surface area contributed by atoms with E-state index in [1.54, 1.807) is 18.3 Å². The second-order valence-corrected chi connectivity index (χ2v) is 8.87. The molecule has 0 bridgehead atoms. The fraction of sp³-hybridized carbons (Fsp3) is 0.308. The maximum Gasteiger partial charge on any atom is 0.253 e. The molecule has 3 N–H and O–H groups in total. The molecule has 0 spiro atoms. The van der Waals surface area contributed by atoms with Crippen molar-refractivity contribution in [1.82, 2.24) is 25.9 Å². The number of piperidine rings is 1. The highest BCUT2D eigenvalue weighted by Gasteiger charge is 2.27. The molecule has 0 atom stereocenters. The maximum absolute atomic E-state index is 14.4. The van der Waals surface area contributed by atoms with Gasteiger partial charge in [-0.3, -0.25) is 14.6 Å². The van der Waals surface area contributed by atoms with Crippen LogP contribution in [0.3, 0.4) is 0 Å². The number of halogens is 2. The number of carbonyl (C=O) groups is 2. The van der Waals surface area contributed by atoms with Crippen LogP contribution < -0.4 is 16.0 Å². The summed E-state index contributed by atoms with van der Waals surface area (Å²) in [5.41, 5.74) is 2.82. The van der Waals surface area contributed by atoms with Crippen LogP contribution in [0.5, 0.6) is 0 Å². The largest absolute Gasteiger partial charge is 0.353 e. The second kappa shape index (κ2) is 9.87. The lowest BCUT2D eigenvalue weighted by Crippen LogP contribution is -2.43. The van der Waals surface area contributed by atoms with Gasteiger partial charge >= 0.3 is 0 Å². The lowest BCUT2D eigenvalue weighted by Gasteiger charge is -2.23. The zero-order valence-corrected chi connectivity index (χ0v) is 19.0. The lowest BCUT2D eigenvalue weighted by molar-refractivity contribution is -0.121. The van der Waals surface area contributed by atoms with Gasteiger partial charge in [0, 0.05) is 24.4 Å². The number of nitrogens with zero attached hydrogens (tertiary/aromatic N) is 2. The van der Waals surface area contributed by atoms with Crippen LogP contribution >= 0.6 is 0 Å². The first-order valence-corrected chi connectivity index (χ1v) is 11.7. The molecule has 1 saturated heterocycles. The molecule has 2 aliphatic rings. The van der Waals surface area contributed by atoms with Gasteiger partial charge < -0.3 is 16.0 Å². The molecule has 2 aromatic heterocycles. The average molecular weight is 478 g/mol. The Balaban J connectivity index is 1.35. The Bertz CT molecular complexity index is 1250. The van der Waals surface area contributed by atoms with E-state index in [-0.39, 0.29) is 48.5 Å². The predicted molar refractivity (Wildman–Crippen MR) is 126 cm³/mol. The molecule has 0 unspecified atom stereocenters. The van der Waals surface area contributed by atoms with E-state index < -0.39 is 11.6 Å². The van der Waals surface area contributed by atoms with Crippen LogP contribution in [0.1, 0.15) is 45.7 Å². The highest BCUT2D eigenvalue weighted by molar-refractivity contribution is 5.99. The Hall–Kier alpha value is -3.72. The normalized spacial score (nSPS) is 15.5. The van der Waals surface area contributed by atoms with Gasteiger partial charge in [-0.05, 0) is 61.3 Å². The fourth-order valence-corrected chi connectivity index (χ4v) is 4.61. The molecule has 0 aliphatic carbocycles. The molecular weight excluding hydrogens is 452 g/mol. The number of pyridine rings is 2. The molecule has 180 valence electrons. The molecule has 7 nitrogen and oxygen atoms in total. The van der Waals surface area contributed by atoms with E-state index in [0.29, 0.717) is 22.5 Å². The quantitative estimate of drug-likeness (QED) is 0.507. The second-order valence-electron chi connectivity index (χ2n) is 8.87. The molecule has 9 heteroatoms. The monoisotopic (exact) mass is 477 g/mol. The molecule has 0 saturated carbocycles. The Labute approximate surface area is 201 Å². The van der Waals surface area contributed by atoms with Crippen LogP contribution in [-0.4, -0.2) is 40.9 Å². The van der Waals surface area contributed by atoms with Gasteiger partial charge in [-0.1, -0.05) is 12.1 Å². The Morgan fingerprint density at radius 3 is 2.57 bits per heavy atom. The molecule has 2 aliphatic heterocycles. The number of amides is 2. The molecule has 2 amide bonds. The summed E-state index contributed by atoms with van der Waals surface area (Å²) >= 11 is 0. The molecular formula is C26H25F2N5O2. The van der Waals surface area contributed by atoms with Crippen molar-refractivity contribution < 1.29 is 18.4 Å². The van der Waals surface area contributed by atoms with Crippen molar-refractivity contribution in [2.75, 3.05) is 13.1 Å². The summed E-state index contributed by atoms with van der Waals surface area (Å²) in [6.45, 7) is 2.01. The summed E-state index contributed by atoms with van der Waals surface area (Å²) in [5.74, 6) is -1.74. The third-order valence-electron chi connectivity index (χ3n) is 6.36. The van der Waals surface area contributed by atoms with Gasteiger partial charge in [0.1, 0.15) is 11.6 Å². The van der Waals surface area contributed by atoms with Crippen LogP contribution in [-0.2, 0) is 24.2 Å². The highest BCUT2D eigenvalue weighted by Crippen LogP contribution is 2.30. The van der Waals surface area contributed by atoms with Crippen LogP contribution in [0, 0.1) is 11.6 Å². The van der Waals surface area contributed by atoms with Crippen molar-refractivity contribution in [2.45, 2.75) is 38.3 Å². The first-order valence-electron chi connectivity index (χ1n) is 11.7. The number of rotatable bonds is 6. The van der Waals surface area contributed by atoms with Gasteiger partial charge in [0.2, 0.25) is 5.91 Å². The van der Waals surface area contributed by atoms with Gasteiger partial charge in [-0.25, -0.2) is 13.8 Å². The number of benzene rings is 1. The minimum Gasteiger partial charge on any atom is -0.353 e. The van der Waals surface area contributed by atoms with Crippen LogP contribution in [0.2, 0.25) is 0 Å². The van der Waals surface area contributed by atoms with Crippen molar-refractivity contribution in [3.63, 3.8) is 0 Å². The van der Waals surface area contributed by atoms with E-state index in [4.69, 9.17) is 0 Å². The van der Waals surface area contributed by atoms with Crippen LogP contribution in [0.15, 0.2) is 42.6 Å². The average Bonchev–Trinajstić information content (AvgIpc) is 3.22. The zero-order valence-electron chi connectivity index (χ0n) is 19.0. The summed E-state index contributed by atoms with van der Waals surface area (Å²) in [4.78, 5) is 33.6. The Kier molecular flexibility index (Phi) is 6.50. The Morgan fingerprint density at radius 2 is 1.86 bits per heavy atom. The van der Waals surface area contributed by atoms with Gasteiger partial charge in [-0.15, -0.1) is 0 Å². The van der Waals surface area contributed by atoms with Gasteiger partial charge in [0.15, 0.2) is 0 Å². The van der Waals surface area contributed by atoms with Gasteiger partial charge in [-0.2, -0.15) is 0 Å². The zero-order chi connectivity index (χ0) is 24.4. The van der Waals surface area contributed by atoms with Crippen LogP contribution in [0.4, 0.5) is 8.78 Å². The standard InChI is InChI=1S/C26H25F2N5O2/c27-19-2-1-3-20(28)25(19)21-12-16(24-22(33-21)14-31-26(24)35)11-18-5-4-15(13-30-18)10-23(34)32-17-6-8-29-9-7-17/h1-5,12-13,17,29H,6-11,14H2,(H,31,35)(H,32,34). The highest BCUT2D eigenvalue weighted by atomic mass is 19.1. The molecule has 4 heterocycles. The fourth-order valence-electron chi connectivity index (χ4n) is 4.61. The van der Waals surface area contributed by atoms with Crippen molar-refractivity contribution in [3.8, 4) is 11.3 Å². The van der Waals surface area contributed by atoms with E-state index in [0.717, 1.165) is 31.5 Å². The number of hydrogen-bond acceptors (Lipinski definition) is 5. The van der Waals surface area contributed by atoms with E-state index in [2.05, 4.69) is 25.9 Å². The first kappa shape index (κ1) is 23.0. The van der Waals surface area contributed by atoms with Crippen molar-refractivity contribution in [3.05, 3.63) is 82.3 Å². The van der Waals surface area contributed by atoms with Gasteiger partial charge in [0.25, 0.3) is 5.91 Å². The third-order valence-corrected chi connectivity index (χ3v) is 6.36. The number of aromatic nitrogens is 2. The predicted octanol–water partition coefficient (Wildman–Crippen LogP) is 2.67. The molecule has 1 aromatic carbocycles. The van der Waals surface area contributed by atoms with Crippen molar-refractivity contribution >= 4 is 11.8 Å². The Morgan fingerprint density at radius 1 is 1.09 bits per heavy atom. The molecule has 5 rings (SSSR count). The smallest absolute Gasteiger partial charge is 0.253 e. The SMILES string of the molecule is O=C(Cc1ccc(Cc2cc(-c3c(F)cccc3F)nc3c2C(=O)NC3)nc1)NC1CCNCC1.